The number of carboxylic acid groups (broad SMARTS) is 1. The van der Waals surface area contributed by atoms with Crippen molar-refractivity contribution >= 4 is 5.97 Å². The number of nitrogens with zero attached hydrogens (tertiary/aromatic N) is 1. The molecule has 1 aliphatic carbocycles. The summed E-state index contributed by atoms with van der Waals surface area (Å²) in [6, 6.07) is 0.642. The number of nitrogens with one attached hydrogen (secondary N) is 1. The number of carbonyl (C=O) groups is 1. The molecule has 0 aliphatic heterocycles. The maximum atomic E-state index is 11.4. The molecule has 2 atom stereocenters. The van der Waals surface area contributed by atoms with Gasteiger partial charge in [-0.1, -0.05) is 0 Å². The van der Waals surface area contributed by atoms with Crippen LogP contribution >= 0.6 is 0 Å². The average molecular weight is 242 g/mol. The Hall–Kier alpha value is -0.610. The van der Waals surface area contributed by atoms with E-state index in [4.69, 9.17) is 0 Å². The summed E-state index contributed by atoms with van der Waals surface area (Å²) in [4.78, 5) is 13.6. The zero-order chi connectivity index (χ0) is 13.2. The zero-order valence-electron chi connectivity index (χ0n) is 11.7. The quantitative estimate of drug-likeness (QED) is 0.711. The average Bonchev–Trinajstić information content (AvgIpc) is 2.97. The number of carboxylic acids is 1. The lowest BCUT2D eigenvalue weighted by Crippen LogP contribution is -2.59. The fourth-order valence-electron chi connectivity index (χ4n) is 2.39. The van der Waals surface area contributed by atoms with Crippen LogP contribution in [0.2, 0.25) is 0 Å². The Kier molecular flexibility index (Phi) is 4.55. The van der Waals surface area contributed by atoms with Gasteiger partial charge in [0.25, 0.3) is 0 Å². The van der Waals surface area contributed by atoms with Crippen molar-refractivity contribution in [3.8, 4) is 0 Å². The van der Waals surface area contributed by atoms with Crippen molar-refractivity contribution in [2.75, 3.05) is 13.6 Å². The SMILES string of the molecule is CC(C)NC(C)(CN(C)C(C)C1CC1)C(=O)O. The van der Waals surface area contributed by atoms with Crippen molar-refractivity contribution in [3.05, 3.63) is 0 Å². The van der Waals surface area contributed by atoms with E-state index in [2.05, 4.69) is 17.1 Å². The molecule has 0 bridgehead atoms. The van der Waals surface area contributed by atoms with Crippen LogP contribution < -0.4 is 5.32 Å². The van der Waals surface area contributed by atoms with Gasteiger partial charge >= 0.3 is 5.97 Å². The molecule has 0 aromatic carbocycles. The highest BCUT2D eigenvalue weighted by atomic mass is 16.4. The van der Waals surface area contributed by atoms with E-state index in [-0.39, 0.29) is 6.04 Å². The fourth-order valence-corrected chi connectivity index (χ4v) is 2.39. The molecule has 0 radical (unpaired) electrons. The van der Waals surface area contributed by atoms with E-state index in [1.54, 1.807) is 6.92 Å². The van der Waals surface area contributed by atoms with Gasteiger partial charge in [-0.3, -0.25) is 10.1 Å². The van der Waals surface area contributed by atoms with Crippen LogP contribution in [0.25, 0.3) is 0 Å². The van der Waals surface area contributed by atoms with Crippen molar-refractivity contribution in [1.82, 2.24) is 10.2 Å². The third-order valence-electron chi connectivity index (χ3n) is 3.64. The molecule has 1 fully saturated rings. The highest BCUT2D eigenvalue weighted by Gasteiger charge is 2.38. The summed E-state index contributed by atoms with van der Waals surface area (Å²) in [5.74, 6) is -0.0156. The third-order valence-corrected chi connectivity index (χ3v) is 3.64. The maximum absolute atomic E-state index is 11.4. The Balaban J connectivity index is 2.61. The van der Waals surface area contributed by atoms with Gasteiger partial charge in [-0.2, -0.15) is 0 Å². The molecule has 1 aliphatic rings. The van der Waals surface area contributed by atoms with E-state index in [0.717, 1.165) is 5.92 Å². The van der Waals surface area contributed by atoms with Gasteiger partial charge in [-0.05, 0) is 53.5 Å². The molecule has 1 rings (SSSR count). The topological polar surface area (TPSA) is 52.6 Å². The Morgan fingerprint density at radius 2 is 2.00 bits per heavy atom. The second-order valence-electron chi connectivity index (χ2n) is 5.93. The predicted octanol–water partition coefficient (Wildman–Crippen LogP) is 1.56. The molecular formula is C13H26N2O2. The summed E-state index contributed by atoms with van der Waals surface area (Å²) in [6.07, 6.45) is 2.57. The number of hydrogen-bond donors (Lipinski definition) is 2. The lowest BCUT2D eigenvalue weighted by Gasteiger charge is -2.35. The molecule has 2 unspecified atom stereocenters. The third kappa shape index (κ3) is 3.96. The van der Waals surface area contributed by atoms with E-state index >= 15 is 0 Å². The largest absolute Gasteiger partial charge is 0.480 e. The van der Waals surface area contributed by atoms with Gasteiger partial charge in [0.05, 0.1) is 0 Å². The molecule has 0 amide bonds. The van der Waals surface area contributed by atoms with Crippen molar-refractivity contribution < 1.29 is 9.90 Å². The van der Waals surface area contributed by atoms with Crippen molar-refractivity contribution in [2.45, 2.75) is 58.2 Å². The first-order chi connectivity index (χ1) is 7.76. The van der Waals surface area contributed by atoms with Gasteiger partial charge in [-0.25, -0.2) is 0 Å². The first kappa shape index (κ1) is 14.5. The first-order valence-corrected chi connectivity index (χ1v) is 6.47. The predicted molar refractivity (Wildman–Crippen MR) is 69.1 cm³/mol. The van der Waals surface area contributed by atoms with Gasteiger partial charge in [0.15, 0.2) is 0 Å². The van der Waals surface area contributed by atoms with Crippen molar-refractivity contribution in [3.63, 3.8) is 0 Å². The van der Waals surface area contributed by atoms with Gasteiger partial charge in [0, 0.05) is 18.6 Å². The molecule has 2 N–H and O–H groups in total. The minimum Gasteiger partial charge on any atom is -0.480 e. The lowest BCUT2D eigenvalue weighted by molar-refractivity contribution is -0.145. The minimum atomic E-state index is -0.869. The molecule has 1 saturated carbocycles. The highest BCUT2D eigenvalue weighted by Crippen LogP contribution is 2.35. The summed E-state index contributed by atoms with van der Waals surface area (Å²) in [5.41, 5.74) is -0.869. The smallest absolute Gasteiger partial charge is 0.324 e. The molecular weight excluding hydrogens is 216 g/mol. The zero-order valence-corrected chi connectivity index (χ0v) is 11.7. The number of likely N-dealkylation sites (N-methyl/N-ethyl adjacent to an activating group) is 1. The Morgan fingerprint density at radius 3 is 2.35 bits per heavy atom. The van der Waals surface area contributed by atoms with Crippen LogP contribution in [0.1, 0.15) is 40.5 Å². The van der Waals surface area contributed by atoms with E-state index < -0.39 is 11.5 Å². The molecule has 17 heavy (non-hydrogen) atoms. The van der Waals surface area contributed by atoms with E-state index in [9.17, 15) is 9.90 Å². The van der Waals surface area contributed by atoms with Crippen LogP contribution in [0.15, 0.2) is 0 Å². The Morgan fingerprint density at radius 1 is 1.47 bits per heavy atom. The number of rotatable bonds is 7. The second kappa shape index (κ2) is 5.36. The second-order valence-corrected chi connectivity index (χ2v) is 5.93. The lowest BCUT2D eigenvalue weighted by atomic mass is 9.99. The Bertz CT molecular complexity index is 277. The summed E-state index contributed by atoms with van der Waals surface area (Å²) in [5, 5.41) is 12.5. The monoisotopic (exact) mass is 242 g/mol. The van der Waals surface area contributed by atoms with E-state index in [0.29, 0.717) is 12.6 Å². The molecule has 0 aromatic rings. The normalized spacial score (nSPS) is 21.6. The summed E-state index contributed by atoms with van der Waals surface area (Å²) in [7, 11) is 2.02. The highest BCUT2D eigenvalue weighted by molar-refractivity contribution is 5.78. The number of aliphatic carboxylic acids is 1. The van der Waals surface area contributed by atoms with Crippen LogP contribution in [0.4, 0.5) is 0 Å². The summed E-state index contributed by atoms with van der Waals surface area (Å²) < 4.78 is 0. The first-order valence-electron chi connectivity index (χ1n) is 6.47. The van der Waals surface area contributed by atoms with Crippen LogP contribution in [-0.4, -0.2) is 47.2 Å². The standard InChI is InChI=1S/C13H26N2O2/c1-9(2)14-13(4,12(16)17)8-15(5)10(3)11-6-7-11/h9-11,14H,6-8H2,1-5H3,(H,16,17). The van der Waals surface area contributed by atoms with Crippen LogP contribution in [-0.2, 0) is 4.79 Å². The van der Waals surface area contributed by atoms with E-state index in [1.807, 2.05) is 20.9 Å². The summed E-state index contributed by atoms with van der Waals surface area (Å²) in [6.45, 7) is 8.45. The van der Waals surface area contributed by atoms with Gasteiger partial charge in [0.2, 0.25) is 0 Å². The molecule has 0 heterocycles. The van der Waals surface area contributed by atoms with Crippen LogP contribution in [0.3, 0.4) is 0 Å². The van der Waals surface area contributed by atoms with Gasteiger partial charge in [0.1, 0.15) is 5.54 Å². The van der Waals surface area contributed by atoms with Gasteiger partial charge < -0.3 is 10.0 Å². The molecule has 0 spiro atoms. The fraction of sp³-hybridized carbons (Fsp3) is 0.923. The summed E-state index contributed by atoms with van der Waals surface area (Å²) >= 11 is 0. The molecule has 4 nitrogen and oxygen atoms in total. The Labute approximate surface area is 104 Å². The van der Waals surface area contributed by atoms with Crippen molar-refractivity contribution in [1.29, 1.82) is 0 Å². The molecule has 0 saturated heterocycles. The number of hydrogen-bond acceptors (Lipinski definition) is 3. The minimum absolute atomic E-state index is 0.167. The van der Waals surface area contributed by atoms with Crippen LogP contribution in [0, 0.1) is 5.92 Å². The maximum Gasteiger partial charge on any atom is 0.324 e. The van der Waals surface area contributed by atoms with Crippen molar-refractivity contribution in [2.24, 2.45) is 5.92 Å². The molecule has 0 aromatic heterocycles. The van der Waals surface area contributed by atoms with Crippen LogP contribution in [0.5, 0.6) is 0 Å². The molecule has 4 heteroatoms. The van der Waals surface area contributed by atoms with E-state index in [1.165, 1.54) is 12.8 Å². The van der Waals surface area contributed by atoms with Gasteiger partial charge in [-0.15, -0.1) is 0 Å². The molecule has 100 valence electrons.